The molecule has 0 radical (unpaired) electrons. The lowest BCUT2D eigenvalue weighted by Gasteiger charge is -2.10. The molecule has 2 aromatic heterocycles. The first-order chi connectivity index (χ1) is 14.5. The molecule has 0 unspecified atom stereocenters. The molecule has 0 bridgehead atoms. The van der Waals surface area contributed by atoms with Crippen LogP contribution in [0.15, 0.2) is 34.7 Å². The average molecular weight is 421 g/mol. The second kappa shape index (κ2) is 8.02. The number of carbonyl (C=O) groups is 1. The summed E-state index contributed by atoms with van der Waals surface area (Å²) in [6.07, 6.45) is 0.762. The SMILES string of the molecule is COCCCNc1nc2sc(C(N)=O)c(-c3oc4cccc-4cc3N)c2cc1C#N. The van der Waals surface area contributed by atoms with Crippen LogP contribution in [0.25, 0.3) is 32.9 Å². The number of nitriles is 1. The third-order valence-corrected chi connectivity index (χ3v) is 5.78. The van der Waals surface area contributed by atoms with E-state index in [-0.39, 0.29) is 4.88 Å². The molecule has 1 aliphatic carbocycles. The lowest BCUT2D eigenvalue weighted by Crippen LogP contribution is -2.10. The third kappa shape index (κ3) is 3.43. The molecule has 8 nitrogen and oxygen atoms in total. The van der Waals surface area contributed by atoms with Gasteiger partial charge < -0.3 is 25.9 Å². The number of carbonyl (C=O) groups excluding carboxylic acids is 1. The summed E-state index contributed by atoms with van der Waals surface area (Å²) in [4.78, 5) is 17.6. The Kier molecular flexibility index (Phi) is 5.27. The molecule has 0 saturated carbocycles. The average Bonchev–Trinajstić information content (AvgIpc) is 3.33. The summed E-state index contributed by atoms with van der Waals surface area (Å²) in [6.45, 7) is 1.19. The van der Waals surface area contributed by atoms with Crippen LogP contribution in [0.5, 0.6) is 0 Å². The minimum atomic E-state index is -0.613. The number of hydrogen-bond acceptors (Lipinski definition) is 8. The predicted octanol–water partition coefficient (Wildman–Crippen LogP) is 3.66. The second-order valence-corrected chi connectivity index (χ2v) is 7.67. The highest BCUT2D eigenvalue weighted by molar-refractivity contribution is 7.21. The second-order valence-electron chi connectivity index (χ2n) is 6.67. The molecule has 0 atom stereocenters. The number of primary amides is 1. The zero-order valence-electron chi connectivity index (χ0n) is 16.2. The molecule has 1 amide bonds. The number of rotatable bonds is 7. The fourth-order valence-corrected chi connectivity index (χ4v) is 4.30. The molecule has 0 saturated heterocycles. The van der Waals surface area contributed by atoms with E-state index >= 15 is 0 Å². The maximum absolute atomic E-state index is 12.2. The summed E-state index contributed by atoms with van der Waals surface area (Å²) < 4.78 is 11.0. The zero-order valence-corrected chi connectivity index (χ0v) is 17.0. The van der Waals surface area contributed by atoms with Gasteiger partial charge in [-0.2, -0.15) is 5.26 Å². The van der Waals surface area contributed by atoms with Crippen molar-refractivity contribution in [1.82, 2.24) is 4.98 Å². The fourth-order valence-electron chi connectivity index (χ4n) is 3.29. The number of thiophene rings is 1. The van der Waals surface area contributed by atoms with Crippen molar-refractivity contribution >= 4 is 39.0 Å². The number of nitrogens with two attached hydrogens (primary N) is 2. The molecule has 4 rings (SSSR count). The highest BCUT2D eigenvalue weighted by Crippen LogP contribution is 2.43. The molecule has 0 spiro atoms. The minimum absolute atomic E-state index is 0.277. The van der Waals surface area contributed by atoms with Crippen molar-refractivity contribution in [3.63, 3.8) is 0 Å². The van der Waals surface area contributed by atoms with Crippen LogP contribution in [-0.2, 0) is 4.74 Å². The van der Waals surface area contributed by atoms with Crippen LogP contribution in [0.1, 0.15) is 21.7 Å². The summed E-state index contributed by atoms with van der Waals surface area (Å²) in [5, 5.41) is 13.4. The Morgan fingerprint density at radius 3 is 2.97 bits per heavy atom. The van der Waals surface area contributed by atoms with Crippen LogP contribution in [0.3, 0.4) is 0 Å². The Balaban J connectivity index is 1.89. The summed E-state index contributed by atoms with van der Waals surface area (Å²) in [6, 6.07) is 11.2. The number of hydrogen-bond donors (Lipinski definition) is 3. The fraction of sp³-hybridized carbons (Fsp3) is 0.190. The Morgan fingerprint density at radius 2 is 2.23 bits per heavy atom. The molecule has 152 valence electrons. The standard InChI is InChI=1S/C21H19N5O3S/c1-28-7-3-6-25-20-12(10-22)8-13-16(18(19(24)27)30-21(13)26-20)17-14(23)9-11-4-2-5-15(11)29-17/h2,4-5,8-9H,3,6-7,23H2,1H3,(H2,24,27)(H,25,26). The zero-order chi connectivity index (χ0) is 21.3. The van der Waals surface area contributed by atoms with Gasteiger partial charge in [0.15, 0.2) is 5.76 Å². The molecule has 2 aromatic rings. The van der Waals surface area contributed by atoms with Gasteiger partial charge in [-0.1, -0.05) is 12.1 Å². The van der Waals surface area contributed by atoms with Gasteiger partial charge in [0.1, 0.15) is 27.4 Å². The molecule has 1 aliphatic heterocycles. The van der Waals surface area contributed by atoms with E-state index in [4.69, 9.17) is 20.6 Å². The largest absolute Gasteiger partial charge is 0.454 e. The van der Waals surface area contributed by atoms with Gasteiger partial charge in [0.25, 0.3) is 5.91 Å². The van der Waals surface area contributed by atoms with Gasteiger partial charge in [0.05, 0.1) is 16.8 Å². The van der Waals surface area contributed by atoms with Gasteiger partial charge in [-0.3, -0.25) is 4.79 Å². The molecule has 2 aliphatic rings. The first-order valence-corrected chi connectivity index (χ1v) is 10.0. The van der Waals surface area contributed by atoms with Crippen molar-refractivity contribution in [3.05, 3.63) is 40.8 Å². The number of methoxy groups -OCH3 is 1. The van der Waals surface area contributed by atoms with Crippen molar-refractivity contribution in [3.8, 4) is 28.7 Å². The van der Waals surface area contributed by atoms with E-state index in [1.165, 1.54) is 0 Å². The van der Waals surface area contributed by atoms with E-state index in [0.29, 0.717) is 57.5 Å². The number of nitrogen functional groups attached to an aromatic ring is 1. The van der Waals surface area contributed by atoms with E-state index in [0.717, 1.165) is 23.3 Å². The van der Waals surface area contributed by atoms with Crippen molar-refractivity contribution in [2.24, 2.45) is 5.73 Å². The van der Waals surface area contributed by atoms with Crippen LogP contribution in [0, 0.1) is 11.3 Å². The lowest BCUT2D eigenvalue weighted by atomic mass is 10.0. The van der Waals surface area contributed by atoms with E-state index in [1.54, 1.807) is 19.2 Å². The van der Waals surface area contributed by atoms with Gasteiger partial charge in [-0.15, -0.1) is 11.3 Å². The van der Waals surface area contributed by atoms with Gasteiger partial charge in [-0.25, -0.2) is 4.98 Å². The van der Waals surface area contributed by atoms with Crippen LogP contribution < -0.4 is 16.8 Å². The highest BCUT2D eigenvalue weighted by Gasteiger charge is 2.25. The topological polar surface area (TPSA) is 140 Å². The molecular weight excluding hydrogens is 402 g/mol. The van der Waals surface area contributed by atoms with E-state index in [9.17, 15) is 10.1 Å². The van der Waals surface area contributed by atoms with E-state index in [2.05, 4.69) is 16.4 Å². The van der Waals surface area contributed by atoms with Gasteiger partial charge in [0, 0.05) is 31.2 Å². The number of amides is 1. The number of aromatic nitrogens is 1. The number of fused-ring (bicyclic) bond motifs is 2. The van der Waals surface area contributed by atoms with E-state index < -0.39 is 5.91 Å². The number of ether oxygens (including phenoxy) is 1. The van der Waals surface area contributed by atoms with Crippen molar-refractivity contribution < 1.29 is 13.9 Å². The first-order valence-electron chi connectivity index (χ1n) is 9.22. The van der Waals surface area contributed by atoms with E-state index in [1.807, 2.05) is 18.2 Å². The summed E-state index contributed by atoms with van der Waals surface area (Å²) >= 11 is 1.14. The van der Waals surface area contributed by atoms with Crippen LogP contribution >= 0.6 is 11.3 Å². The van der Waals surface area contributed by atoms with Gasteiger partial charge in [0.2, 0.25) is 0 Å². The lowest BCUT2D eigenvalue weighted by molar-refractivity contribution is 0.100. The normalized spacial score (nSPS) is 11.1. The summed E-state index contributed by atoms with van der Waals surface area (Å²) in [7, 11) is 1.63. The predicted molar refractivity (Wildman–Crippen MR) is 117 cm³/mol. The van der Waals surface area contributed by atoms with Crippen molar-refractivity contribution in [2.75, 3.05) is 31.3 Å². The number of nitrogens with one attached hydrogen (secondary N) is 1. The molecule has 30 heavy (non-hydrogen) atoms. The van der Waals surface area contributed by atoms with Crippen LogP contribution in [0.4, 0.5) is 11.5 Å². The number of pyridine rings is 1. The Morgan fingerprint density at radius 1 is 1.40 bits per heavy atom. The summed E-state index contributed by atoms with van der Waals surface area (Å²) in [5.41, 5.74) is 13.9. The highest BCUT2D eigenvalue weighted by atomic mass is 32.1. The quantitative estimate of drug-likeness (QED) is 0.387. The molecule has 0 aromatic carbocycles. The molecule has 9 heteroatoms. The van der Waals surface area contributed by atoms with Crippen LogP contribution in [-0.4, -0.2) is 31.2 Å². The number of nitrogens with zero attached hydrogens (tertiary/aromatic N) is 2. The Labute approximate surface area is 176 Å². The summed E-state index contributed by atoms with van der Waals surface area (Å²) in [5.74, 6) is 0.804. The maximum atomic E-state index is 12.2. The molecule has 5 N–H and O–H groups in total. The van der Waals surface area contributed by atoms with Crippen molar-refractivity contribution in [2.45, 2.75) is 6.42 Å². The third-order valence-electron chi connectivity index (χ3n) is 4.66. The Hall–Kier alpha value is -3.61. The van der Waals surface area contributed by atoms with Crippen LogP contribution in [0.2, 0.25) is 0 Å². The van der Waals surface area contributed by atoms with Gasteiger partial charge >= 0.3 is 0 Å². The maximum Gasteiger partial charge on any atom is 0.259 e. The minimum Gasteiger partial charge on any atom is -0.454 e. The van der Waals surface area contributed by atoms with Crippen molar-refractivity contribution in [1.29, 1.82) is 5.26 Å². The number of anilines is 2. The Bertz CT molecular complexity index is 1250. The monoisotopic (exact) mass is 421 g/mol. The molecule has 0 fully saturated rings. The first kappa shape index (κ1) is 19.7. The molecular formula is C21H19N5O3S. The van der Waals surface area contributed by atoms with Gasteiger partial charge in [-0.05, 0) is 24.6 Å². The molecule has 3 heterocycles. The smallest absolute Gasteiger partial charge is 0.259 e.